The molecule has 0 aliphatic carbocycles. The third-order valence-corrected chi connectivity index (χ3v) is 9.96. The summed E-state index contributed by atoms with van der Waals surface area (Å²) < 4.78 is 22.0. The number of hydrogen-bond acceptors (Lipinski definition) is 9. The van der Waals surface area contributed by atoms with Crippen molar-refractivity contribution >= 4 is 22.6 Å². The molecule has 1 saturated heterocycles. The zero-order chi connectivity index (χ0) is 33.2. The molecule has 3 aliphatic heterocycles. The summed E-state index contributed by atoms with van der Waals surface area (Å²) in [6.07, 6.45) is 4.81. The Morgan fingerprint density at radius 3 is 2.02 bits per heavy atom. The van der Waals surface area contributed by atoms with Crippen LogP contribution in [0.1, 0.15) is 96.5 Å². The molecule has 1 aromatic carbocycles. The second-order valence-corrected chi connectivity index (χ2v) is 13.2. The highest BCUT2D eigenvalue weighted by atomic mass is 35.5. The first-order valence-corrected chi connectivity index (χ1v) is 17.1. The molecule has 6 heterocycles. The quantitative estimate of drug-likeness (QED) is 0.289. The normalized spacial score (nSPS) is 20.0. The van der Waals surface area contributed by atoms with Crippen LogP contribution in [0.3, 0.4) is 0 Å². The van der Waals surface area contributed by atoms with Gasteiger partial charge >= 0.3 is 0 Å². The van der Waals surface area contributed by atoms with Gasteiger partial charge in [-0.25, -0.2) is 14.4 Å². The fraction of sp³-hybridized carbons (Fsp3) is 0.559. The van der Waals surface area contributed by atoms with E-state index in [0.717, 1.165) is 67.7 Å². The van der Waals surface area contributed by atoms with E-state index >= 15 is 0 Å². The van der Waals surface area contributed by atoms with Gasteiger partial charge in [0.2, 0.25) is 0 Å². The van der Waals surface area contributed by atoms with E-state index in [9.17, 15) is 24.2 Å². The zero-order valence-corrected chi connectivity index (χ0v) is 27.7. The summed E-state index contributed by atoms with van der Waals surface area (Å²) in [7, 11) is 0. The Morgan fingerprint density at radius 2 is 1.45 bits per heavy atom. The van der Waals surface area contributed by atoms with Crippen molar-refractivity contribution in [2.45, 2.75) is 96.4 Å². The summed E-state index contributed by atoms with van der Waals surface area (Å²) in [5.74, 6) is 1.41. The van der Waals surface area contributed by atoms with Gasteiger partial charge in [-0.15, -0.1) is 11.6 Å². The van der Waals surface area contributed by atoms with Gasteiger partial charge in [-0.2, -0.15) is 0 Å². The third-order valence-electron chi connectivity index (χ3n) is 9.77. The Kier molecular flexibility index (Phi) is 10.2. The standard InChI is InChI=1S/C23H27FN4O3.C11H15ClN2O2/c1-14-17(23(30)28-9-2-3-19(29)22(28)25-14)8-12-27-10-6-15(7-11-27)21-18-5-4-16(24)13-20(18)31-26-21;1-7-8(4-5-12)11(16)14-6-2-3-9(15)10(14)13-7/h4-5,13,15,19,29H,2-3,6-12H2,1H3;9,15H,2-6H2,1H3/t19-;/m1./s1. The number of aliphatic hydroxyl groups excluding tert-OH is 2. The van der Waals surface area contributed by atoms with E-state index in [1.165, 1.54) is 12.1 Å². The predicted octanol–water partition coefficient (Wildman–Crippen LogP) is 4.24. The summed E-state index contributed by atoms with van der Waals surface area (Å²) in [5.41, 5.74) is 4.22. The molecule has 0 radical (unpaired) electrons. The highest BCUT2D eigenvalue weighted by Gasteiger charge is 2.27. The SMILES string of the molecule is Cc1nc2n(c(=O)c1CCCl)CCCC2O.Cc1nc2n(c(=O)c1CCN1CCC(c3noc4cc(F)ccc34)CC1)CCC[C@H]2O. The molecule has 3 aromatic heterocycles. The molecular formula is C34H42ClFN6O5. The topological polar surface area (TPSA) is 140 Å². The van der Waals surface area contributed by atoms with E-state index in [4.69, 9.17) is 16.1 Å². The average molecular weight is 669 g/mol. The minimum absolute atomic E-state index is 0.00237. The van der Waals surface area contributed by atoms with Crippen LogP contribution in [0.2, 0.25) is 0 Å². The van der Waals surface area contributed by atoms with Crippen molar-refractivity contribution in [1.82, 2.24) is 29.2 Å². The number of rotatable bonds is 6. The first kappa shape index (κ1) is 33.5. The van der Waals surface area contributed by atoms with E-state index in [1.807, 2.05) is 6.92 Å². The van der Waals surface area contributed by atoms with Gasteiger partial charge in [0.15, 0.2) is 5.58 Å². The molecule has 1 fully saturated rings. The number of likely N-dealkylation sites (tertiary alicyclic amines) is 1. The number of halogens is 2. The highest BCUT2D eigenvalue weighted by Crippen LogP contribution is 2.33. The summed E-state index contributed by atoms with van der Waals surface area (Å²) >= 11 is 5.67. The van der Waals surface area contributed by atoms with E-state index < -0.39 is 12.2 Å². The van der Waals surface area contributed by atoms with E-state index in [0.29, 0.717) is 79.1 Å². The molecule has 252 valence electrons. The second kappa shape index (κ2) is 14.3. The molecule has 0 amide bonds. The van der Waals surface area contributed by atoms with Crippen LogP contribution < -0.4 is 11.1 Å². The number of nitrogens with zero attached hydrogens (tertiary/aromatic N) is 6. The molecule has 0 saturated carbocycles. The molecular weight excluding hydrogens is 627 g/mol. The average Bonchev–Trinajstić information content (AvgIpc) is 3.48. The van der Waals surface area contributed by atoms with Crippen LogP contribution in [0.15, 0.2) is 32.3 Å². The van der Waals surface area contributed by atoms with Crippen molar-refractivity contribution in [2.24, 2.45) is 0 Å². The first-order valence-electron chi connectivity index (χ1n) is 16.6. The lowest BCUT2D eigenvalue weighted by Crippen LogP contribution is -2.37. The number of aryl methyl sites for hydroxylation is 2. The fourth-order valence-corrected chi connectivity index (χ4v) is 7.31. The smallest absolute Gasteiger partial charge is 0.257 e. The number of benzene rings is 1. The first-order chi connectivity index (χ1) is 22.7. The van der Waals surface area contributed by atoms with Crippen molar-refractivity contribution in [3.05, 3.63) is 84.6 Å². The minimum atomic E-state index is -0.641. The van der Waals surface area contributed by atoms with Crippen LogP contribution in [-0.2, 0) is 25.9 Å². The van der Waals surface area contributed by atoms with Gasteiger partial charge < -0.3 is 19.6 Å². The van der Waals surface area contributed by atoms with E-state index in [-0.39, 0.29) is 16.9 Å². The maximum absolute atomic E-state index is 13.4. The number of hydrogen-bond donors (Lipinski definition) is 2. The second-order valence-electron chi connectivity index (χ2n) is 12.8. The van der Waals surface area contributed by atoms with Crippen molar-refractivity contribution < 1.29 is 19.1 Å². The van der Waals surface area contributed by atoms with Gasteiger partial charge in [0.05, 0.1) is 5.69 Å². The molecule has 0 bridgehead atoms. The third kappa shape index (κ3) is 6.92. The number of aromatic nitrogens is 5. The summed E-state index contributed by atoms with van der Waals surface area (Å²) in [6.45, 7) is 7.57. The molecule has 1 unspecified atom stereocenters. The van der Waals surface area contributed by atoms with Crippen LogP contribution in [0, 0.1) is 19.7 Å². The zero-order valence-electron chi connectivity index (χ0n) is 26.9. The molecule has 13 heteroatoms. The molecule has 2 N–H and O–H groups in total. The van der Waals surface area contributed by atoms with Gasteiger partial charge in [0.25, 0.3) is 11.1 Å². The summed E-state index contributed by atoms with van der Waals surface area (Å²) in [6, 6.07) is 4.58. The lowest BCUT2D eigenvalue weighted by atomic mass is 9.91. The molecule has 0 spiro atoms. The van der Waals surface area contributed by atoms with Crippen LogP contribution in [0.4, 0.5) is 4.39 Å². The number of alkyl halides is 1. The van der Waals surface area contributed by atoms with Crippen LogP contribution in [0.25, 0.3) is 11.0 Å². The largest absolute Gasteiger partial charge is 0.385 e. The Bertz CT molecular complexity index is 1860. The fourth-order valence-electron chi connectivity index (χ4n) is 7.12. The van der Waals surface area contributed by atoms with Crippen LogP contribution >= 0.6 is 11.6 Å². The number of aliphatic hydroxyl groups is 2. The van der Waals surface area contributed by atoms with Gasteiger partial charge in [-0.1, -0.05) is 5.16 Å². The minimum Gasteiger partial charge on any atom is -0.385 e. The van der Waals surface area contributed by atoms with Gasteiger partial charge in [0, 0.05) is 65.4 Å². The van der Waals surface area contributed by atoms with Crippen molar-refractivity contribution in [3.63, 3.8) is 0 Å². The Labute approximate surface area is 277 Å². The highest BCUT2D eigenvalue weighted by molar-refractivity contribution is 6.18. The molecule has 11 nitrogen and oxygen atoms in total. The van der Waals surface area contributed by atoms with E-state index in [1.54, 1.807) is 22.1 Å². The number of piperidine rings is 1. The van der Waals surface area contributed by atoms with Gasteiger partial charge in [0.1, 0.15) is 29.7 Å². The van der Waals surface area contributed by atoms with E-state index in [2.05, 4.69) is 20.0 Å². The maximum Gasteiger partial charge on any atom is 0.257 e. The van der Waals surface area contributed by atoms with Crippen molar-refractivity contribution in [3.8, 4) is 0 Å². The monoisotopic (exact) mass is 668 g/mol. The van der Waals surface area contributed by atoms with Crippen LogP contribution in [-0.4, -0.2) is 64.9 Å². The van der Waals surface area contributed by atoms with Crippen molar-refractivity contribution in [2.75, 3.05) is 25.5 Å². The lowest BCUT2D eigenvalue weighted by molar-refractivity contribution is 0.129. The predicted molar refractivity (Wildman–Crippen MR) is 175 cm³/mol. The molecule has 47 heavy (non-hydrogen) atoms. The summed E-state index contributed by atoms with van der Waals surface area (Å²) in [5, 5.41) is 25.0. The molecule has 7 rings (SSSR count). The Hall–Kier alpha value is -3.45. The summed E-state index contributed by atoms with van der Waals surface area (Å²) in [4.78, 5) is 36.3. The Morgan fingerprint density at radius 1 is 0.872 bits per heavy atom. The number of fused-ring (bicyclic) bond motifs is 3. The van der Waals surface area contributed by atoms with Gasteiger partial charge in [-0.05, 0) is 90.4 Å². The van der Waals surface area contributed by atoms with Crippen molar-refractivity contribution in [1.29, 1.82) is 0 Å². The molecule has 2 atom stereocenters. The maximum atomic E-state index is 13.4. The Balaban J connectivity index is 0.000000203. The lowest BCUT2D eigenvalue weighted by Gasteiger charge is -2.31. The van der Waals surface area contributed by atoms with Crippen LogP contribution in [0.5, 0.6) is 0 Å². The molecule has 3 aliphatic rings. The van der Waals surface area contributed by atoms with Gasteiger partial charge in [-0.3, -0.25) is 18.7 Å². The molecule has 4 aromatic rings.